The summed E-state index contributed by atoms with van der Waals surface area (Å²) in [5.74, 6) is 6.37. The molecule has 7 heteroatoms. The Hall–Kier alpha value is -4.25. The summed E-state index contributed by atoms with van der Waals surface area (Å²) in [6.07, 6.45) is 27.9. The van der Waals surface area contributed by atoms with Crippen LogP contribution in [0.15, 0.2) is 85.0 Å². The van der Waals surface area contributed by atoms with Gasteiger partial charge >= 0.3 is 12.3 Å². The number of ketones is 1. The van der Waals surface area contributed by atoms with Crippen molar-refractivity contribution in [2.75, 3.05) is 6.61 Å². The van der Waals surface area contributed by atoms with Gasteiger partial charge in [-0.1, -0.05) is 165 Å². The topological polar surface area (TPSA) is 132 Å². The maximum Gasteiger partial charge on any atom is 0.373 e. The Balaban J connectivity index is 0.000000183. The van der Waals surface area contributed by atoms with Crippen molar-refractivity contribution in [2.45, 2.75) is 218 Å². The van der Waals surface area contributed by atoms with Crippen molar-refractivity contribution >= 4 is 29.2 Å². The zero-order valence-corrected chi connectivity index (χ0v) is 54.0. The lowest BCUT2D eigenvalue weighted by molar-refractivity contribution is -0.225. The largest absolute Gasteiger partial charge is 0.389 e. The van der Waals surface area contributed by atoms with E-state index in [0.717, 1.165) is 43.4 Å². The van der Waals surface area contributed by atoms with Gasteiger partial charge in [-0.2, -0.15) is 19.2 Å². The number of aliphatic hydroxyl groups excluding tert-OH is 1. The Labute approximate surface area is 501 Å². The van der Waals surface area contributed by atoms with Gasteiger partial charge < -0.3 is 10.8 Å². The fraction of sp³-hybridized carbons (Fsp3) is 0.697. The van der Waals surface area contributed by atoms with Crippen LogP contribution < -0.4 is 5.73 Å². The van der Waals surface area contributed by atoms with E-state index < -0.39 is 0 Å². The molecular formula is C76H107NO6. The number of benzene rings is 2. The van der Waals surface area contributed by atoms with E-state index in [2.05, 4.69) is 171 Å². The van der Waals surface area contributed by atoms with Gasteiger partial charge in [0, 0.05) is 11.0 Å². The summed E-state index contributed by atoms with van der Waals surface area (Å²) in [7, 11) is 0. The number of nitrogens with two attached hydrogens (primary N) is 1. The van der Waals surface area contributed by atoms with Crippen molar-refractivity contribution in [1.82, 2.24) is 0 Å². The molecule has 0 spiro atoms. The molecule has 0 heterocycles. The van der Waals surface area contributed by atoms with Crippen LogP contribution in [-0.2, 0) is 24.0 Å². The summed E-state index contributed by atoms with van der Waals surface area (Å²) in [6, 6.07) is 18.5. The van der Waals surface area contributed by atoms with Crippen molar-refractivity contribution < 1.29 is 29.1 Å². The van der Waals surface area contributed by atoms with Crippen molar-refractivity contribution in [1.29, 1.82) is 0 Å². The van der Waals surface area contributed by atoms with E-state index in [1.807, 2.05) is 0 Å². The minimum absolute atomic E-state index is 0.0522. The van der Waals surface area contributed by atoms with Crippen molar-refractivity contribution in [2.24, 2.45) is 114 Å². The fourth-order valence-electron chi connectivity index (χ4n) is 24.7. The van der Waals surface area contributed by atoms with Gasteiger partial charge in [0.05, 0.1) is 0 Å². The summed E-state index contributed by atoms with van der Waals surface area (Å²) in [4.78, 5) is 46.0. The molecule has 0 unspecified atom stereocenters. The van der Waals surface area contributed by atoms with Gasteiger partial charge in [0.15, 0.2) is 5.78 Å². The van der Waals surface area contributed by atoms with Gasteiger partial charge in [-0.05, 0) is 268 Å². The number of carbonyl (C=O) groups is 1. The van der Waals surface area contributed by atoms with E-state index >= 15 is 0 Å². The summed E-state index contributed by atoms with van der Waals surface area (Å²) in [5, 5.41) is 10.1. The SMILES string of the molecule is C=C(C)[C@@H]1CC[C@]2(C(=O)CO)CC[C@]3(C)[C@H](CC[C@@H]4[C@@]5(C)CC=C(c6ccc(C)cc6)C(C)(C)[C@@H]5CC[C@]43C)[C@@H]12.C=C(C)[C@@H]1CC[C@]2(N)CC[C@]3(C)[C@H](CC[C@@H]4[C@@]5(C)CC=C(c6ccc(C)cc6)C(C)(C)[C@@H]5CC[C@]43C)[C@@H]12.O=C=O.O=C=O. The number of Topliss-reactive ketones (excluding diaryl/α,β-unsaturated/α-hetero) is 1. The summed E-state index contributed by atoms with van der Waals surface area (Å²) < 4.78 is 0. The molecule has 0 radical (unpaired) electrons. The number of aryl methyl sites for hydroxylation is 2. The first kappa shape index (κ1) is 63.3. The van der Waals surface area contributed by atoms with E-state index in [4.69, 9.17) is 24.9 Å². The number of carbonyl (C=O) groups excluding carboxylic acids is 5. The fourth-order valence-corrected chi connectivity index (χ4v) is 24.7. The van der Waals surface area contributed by atoms with Gasteiger partial charge in [0.1, 0.15) is 6.61 Å². The van der Waals surface area contributed by atoms with Gasteiger partial charge in [-0.3, -0.25) is 4.79 Å². The second kappa shape index (κ2) is 22.2. The summed E-state index contributed by atoms with van der Waals surface area (Å²) in [6.45, 7) is 43.8. The molecule has 0 aromatic heterocycles. The Kier molecular flexibility index (Phi) is 16.9. The molecule has 8 fully saturated rings. The normalized spacial score (nSPS) is 43.6. The predicted octanol–water partition coefficient (Wildman–Crippen LogP) is 17.4. The van der Waals surface area contributed by atoms with Crippen LogP contribution in [0.4, 0.5) is 0 Å². The van der Waals surface area contributed by atoms with Crippen LogP contribution in [-0.4, -0.2) is 35.3 Å². The lowest BCUT2D eigenvalue weighted by Gasteiger charge is -2.72. The van der Waals surface area contributed by atoms with Crippen molar-refractivity contribution in [3.8, 4) is 0 Å². The Morgan fingerprint density at radius 1 is 0.506 bits per heavy atom. The highest BCUT2D eigenvalue weighted by atomic mass is 16.3. The average Bonchev–Trinajstić information content (AvgIpc) is 1.53. The quantitative estimate of drug-likeness (QED) is 0.275. The molecule has 7 nitrogen and oxygen atoms in total. The number of hydrogen-bond acceptors (Lipinski definition) is 7. The van der Waals surface area contributed by atoms with Crippen LogP contribution in [0.25, 0.3) is 11.1 Å². The van der Waals surface area contributed by atoms with Gasteiger partial charge in [0.2, 0.25) is 0 Å². The molecule has 0 bridgehead atoms. The van der Waals surface area contributed by atoms with Crippen LogP contribution in [0.5, 0.6) is 0 Å². The average molecular weight is 1130 g/mol. The molecule has 0 amide bonds. The first-order valence-corrected chi connectivity index (χ1v) is 32.6. The van der Waals surface area contributed by atoms with E-state index in [1.54, 1.807) is 11.1 Å². The second-order valence-corrected chi connectivity index (χ2v) is 32.3. The maximum atomic E-state index is 13.5. The number of aliphatic hydroxyl groups is 1. The predicted molar refractivity (Wildman–Crippen MR) is 334 cm³/mol. The zero-order valence-electron chi connectivity index (χ0n) is 54.0. The second-order valence-electron chi connectivity index (χ2n) is 32.3. The number of rotatable bonds is 6. The number of hydrogen-bond donors (Lipinski definition) is 2. The molecule has 83 heavy (non-hydrogen) atoms. The lowest BCUT2D eigenvalue weighted by atomic mass is 9.32. The monoisotopic (exact) mass is 1130 g/mol. The standard InChI is InChI=1S/C38H54O2.C36H53N.2CO2/c1-24(2)27-15-20-38(32(40)23-39)22-21-36(7)29(33(27)38)13-14-31-35(6)18-16-28(26-11-9-25(3)10-12-26)34(4,5)30(35)17-19-37(31,36)8;1-23(2)26-15-20-36(37)22-21-34(7)28(31(26)36)13-14-30-33(6)18-16-27(25-11-9-24(3)10-12-25)32(4,5)29(33)17-19-35(30,34)8;2*2-1-3/h9-12,16,27,29-31,33,39H,1,13-15,17-23H2,2-8H3;9-12,16,26,28-31H,1,13-15,17-22,37H2,2-8H3;;/t27-,29+,30-,31+,33+,35-,36+,37+,38+;26-,28+,29-,30+,31+,33-,34+,35+,36-;;/m00../s1. The van der Waals surface area contributed by atoms with E-state index in [9.17, 15) is 9.90 Å². The molecule has 2 aromatic carbocycles. The number of allylic oxidation sites excluding steroid dienone is 6. The highest BCUT2D eigenvalue weighted by Gasteiger charge is 2.73. The zero-order chi connectivity index (χ0) is 60.9. The third-order valence-electron chi connectivity index (χ3n) is 28.8. The van der Waals surface area contributed by atoms with Gasteiger partial charge in [-0.25, -0.2) is 0 Å². The smallest absolute Gasteiger partial charge is 0.373 e. The molecule has 10 aliphatic carbocycles. The molecule has 452 valence electrons. The van der Waals surface area contributed by atoms with E-state index in [0.29, 0.717) is 57.7 Å². The molecule has 12 rings (SSSR count). The molecule has 0 saturated heterocycles. The minimum atomic E-state index is -0.328. The van der Waals surface area contributed by atoms with Crippen LogP contribution in [0, 0.1) is 122 Å². The highest BCUT2D eigenvalue weighted by molar-refractivity contribution is 5.87. The van der Waals surface area contributed by atoms with Crippen molar-refractivity contribution in [3.63, 3.8) is 0 Å². The maximum absolute atomic E-state index is 13.5. The molecule has 0 aliphatic heterocycles. The minimum Gasteiger partial charge on any atom is -0.389 e. The van der Waals surface area contributed by atoms with E-state index in [-0.39, 0.29) is 62.7 Å². The third kappa shape index (κ3) is 9.41. The molecule has 18 atom stereocenters. The first-order valence-electron chi connectivity index (χ1n) is 32.6. The van der Waals surface area contributed by atoms with Crippen molar-refractivity contribution in [3.05, 3.63) is 107 Å². The Bertz CT molecular complexity index is 2940. The number of fused-ring (bicyclic) bond motifs is 14. The van der Waals surface area contributed by atoms with Crippen LogP contribution in [0.2, 0.25) is 0 Å². The van der Waals surface area contributed by atoms with Crippen LogP contribution in [0.1, 0.15) is 221 Å². The summed E-state index contributed by atoms with van der Waals surface area (Å²) in [5.41, 5.74) is 20.6. The summed E-state index contributed by atoms with van der Waals surface area (Å²) >= 11 is 0. The molecular weight excluding hydrogens is 1020 g/mol. The van der Waals surface area contributed by atoms with Gasteiger partial charge in [0.25, 0.3) is 0 Å². The third-order valence-corrected chi connectivity index (χ3v) is 28.8. The molecule has 3 N–H and O–H groups in total. The Morgan fingerprint density at radius 3 is 1.30 bits per heavy atom. The van der Waals surface area contributed by atoms with Gasteiger partial charge in [-0.15, -0.1) is 0 Å². The first-order chi connectivity index (χ1) is 38.9. The van der Waals surface area contributed by atoms with Crippen LogP contribution >= 0.6 is 0 Å². The molecule has 10 aliphatic rings. The lowest BCUT2D eigenvalue weighted by Crippen LogP contribution is -2.67. The molecule has 2 aromatic rings. The van der Waals surface area contributed by atoms with E-state index in [1.165, 1.54) is 123 Å². The van der Waals surface area contributed by atoms with Crippen LogP contribution in [0.3, 0.4) is 0 Å². The molecule has 8 saturated carbocycles. The highest BCUT2D eigenvalue weighted by Crippen LogP contribution is 2.79. The Morgan fingerprint density at radius 2 is 0.892 bits per heavy atom.